The molecule has 0 saturated heterocycles. The van der Waals surface area contributed by atoms with Gasteiger partial charge in [-0.3, -0.25) is 0 Å². The first kappa shape index (κ1) is 10.7. The molecule has 53 valence electrons. The minimum atomic E-state index is 0. The molecule has 0 aliphatic heterocycles. The third-order valence-corrected chi connectivity index (χ3v) is 2.04. The number of hydrogen-bond donors (Lipinski definition) is 0. The molecule has 0 saturated carbocycles. The SMILES string of the molecule is Clc1[c-]ccc(Cl)c1Cl.[V]. The third kappa shape index (κ3) is 2.37. The largest absolute Gasteiger partial charge is 0.174 e. The van der Waals surface area contributed by atoms with Crippen LogP contribution in [-0.2, 0) is 18.6 Å². The Morgan fingerprint density at radius 2 is 1.80 bits per heavy atom. The fourth-order valence-electron chi connectivity index (χ4n) is 0.429. The van der Waals surface area contributed by atoms with Gasteiger partial charge in [-0.25, -0.2) is 0 Å². The van der Waals surface area contributed by atoms with Crippen molar-refractivity contribution < 1.29 is 18.6 Å². The van der Waals surface area contributed by atoms with E-state index in [2.05, 4.69) is 6.07 Å². The topological polar surface area (TPSA) is 0 Å². The molecule has 1 rings (SSSR count). The van der Waals surface area contributed by atoms with Crippen LogP contribution in [0.2, 0.25) is 15.1 Å². The number of hydrogen-bond acceptors (Lipinski definition) is 0. The van der Waals surface area contributed by atoms with Crippen molar-refractivity contribution in [2.24, 2.45) is 0 Å². The van der Waals surface area contributed by atoms with Crippen LogP contribution < -0.4 is 0 Å². The Balaban J connectivity index is 0.000000810. The van der Waals surface area contributed by atoms with Crippen molar-refractivity contribution >= 4 is 34.8 Å². The minimum absolute atomic E-state index is 0. The van der Waals surface area contributed by atoms with Gasteiger partial charge in [-0.2, -0.15) is 29.8 Å². The molecule has 0 aromatic heterocycles. The zero-order valence-corrected chi connectivity index (χ0v) is 8.40. The van der Waals surface area contributed by atoms with Crippen LogP contribution >= 0.6 is 34.8 Å². The van der Waals surface area contributed by atoms with Crippen LogP contribution in [0.25, 0.3) is 0 Å². The first-order chi connectivity index (χ1) is 4.22. The first-order valence-corrected chi connectivity index (χ1v) is 3.36. The molecule has 0 bridgehead atoms. The van der Waals surface area contributed by atoms with E-state index in [0.29, 0.717) is 15.1 Å². The summed E-state index contributed by atoms with van der Waals surface area (Å²) in [5.74, 6) is 0. The molecule has 0 unspecified atom stereocenters. The average Bonchev–Trinajstić information content (AvgIpc) is 1.83. The first-order valence-electron chi connectivity index (χ1n) is 2.23. The Morgan fingerprint density at radius 1 is 1.20 bits per heavy atom. The molecule has 10 heavy (non-hydrogen) atoms. The van der Waals surface area contributed by atoms with Gasteiger partial charge in [0.2, 0.25) is 0 Å². The van der Waals surface area contributed by atoms with Gasteiger partial charge < -0.3 is 0 Å². The van der Waals surface area contributed by atoms with Gasteiger partial charge in [-0.1, -0.05) is 5.02 Å². The summed E-state index contributed by atoms with van der Waals surface area (Å²) >= 11 is 16.7. The van der Waals surface area contributed by atoms with Gasteiger partial charge in [0.05, 0.1) is 0 Å². The summed E-state index contributed by atoms with van der Waals surface area (Å²) in [6, 6.07) is 5.95. The minimum Gasteiger partial charge on any atom is -0.174 e. The second kappa shape index (κ2) is 4.53. The van der Waals surface area contributed by atoms with Crippen molar-refractivity contribution in [1.29, 1.82) is 0 Å². The second-order valence-electron chi connectivity index (χ2n) is 1.45. The molecule has 4 heteroatoms. The maximum Gasteiger partial charge on any atom is 0 e. The smallest absolute Gasteiger partial charge is 0 e. The molecule has 0 amide bonds. The fourth-order valence-corrected chi connectivity index (χ4v) is 0.918. The summed E-state index contributed by atoms with van der Waals surface area (Å²) < 4.78 is 0. The van der Waals surface area contributed by atoms with Crippen molar-refractivity contribution in [2.45, 2.75) is 0 Å². The van der Waals surface area contributed by atoms with Crippen LogP contribution in [0.5, 0.6) is 0 Å². The number of benzene rings is 1. The predicted molar refractivity (Wildman–Crippen MR) is 40.3 cm³/mol. The van der Waals surface area contributed by atoms with E-state index < -0.39 is 0 Å². The maximum atomic E-state index is 5.58. The summed E-state index contributed by atoms with van der Waals surface area (Å²) in [5, 5.41) is 1.19. The van der Waals surface area contributed by atoms with Crippen LogP contribution in [0.4, 0.5) is 0 Å². The molecule has 0 nitrogen and oxygen atoms in total. The van der Waals surface area contributed by atoms with E-state index in [1.54, 1.807) is 12.1 Å². The van der Waals surface area contributed by atoms with Gasteiger partial charge in [0.25, 0.3) is 0 Å². The molecule has 0 N–H and O–H groups in total. The van der Waals surface area contributed by atoms with Crippen molar-refractivity contribution in [3.05, 3.63) is 33.3 Å². The van der Waals surface area contributed by atoms with E-state index in [0.717, 1.165) is 0 Å². The van der Waals surface area contributed by atoms with E-state index >= 15 is 0 Å². The average molecular weight is 231 g/mol. The molecular formula is C6H2Cl3V-. The molecule has 0 spiro atoms. The summed E-state index contributed by atoms with van der Waals surface area (Å²) in [6.07, 6.45) is 0. The Bertz CT molecular complexity index is 204. The van der Waals surface area contributed by atoms with Gasteiger partial charge in [-0.05, 0) is 10.0 Å². The molecule has 1 radical (unpaired) electrons. The molecule has 0 aliphatic carbocycles. The number of halogens is 3. The fraction of sp³-hybridized carbons (Fsp3) is 0. The molecule has 0 aliphatic rings. The zero-order chi connectivity index (χ0) is 6.85. The standard InChI is InChI=1S/C6H2Cl3.V/c7-4-2-1-3-5(8)6(4)9;/h1-2H;/q-1;. The normalized spacial score (nSPS) is 8.70. The third-order valence-electron chi connectivity index (χ3n) is 0.842. The molecule has 0 heterocycles. The second-order valence-corrected chi connectivity index (χ2v) is 2.62. The molecule has 1 aromatic carbocycles. The van der Waals surface area contributed by atoms with Gasteiger partial charge in [-0.15, -0.1) is 23.2 Å². The van der Waals surface area contributed by atoms with Gasteiger partial charge in [0, 0.05) is 18.6 Å². The Hall–Kier alpha value is 0.674. The zero-order valence-electron chi connectivity index (χ0n) is 4.74. The monoisotopic (exact) mass is 230 g/mol. The van der Waals surface area contributed by atoms with E-state index in [9.17, 15) is 0 Å². The van der Waals surface area contributed by atoms with Gasteiger partial charge in [0.1, 0.15) is 0 Å². The van der Waals surface area contributed by atoms with Crippen LogP contribution in [0, 0.1) is 6.07 Å². The Morgan fingerprint density at radius 3 is 2.20 bits per heavy atom. The van der Waals surface area contributed by atoms with Crippen molar-refractivity contribution in [3.8, 4) is 0 Å². The Labute approximate surface area is 86.3 Å². The number of rotatable bonds is 0. The quantitative estimate of drug-likeness (QED) is 0.474. The van der Waals surface area contributed by atoms with Crippen LogP contribution in [0.3, 0.4) is 0 Å². The summed E-state index contributed by atoms with van der Waals surface area (Å²) in [7, 11) is 0. The van der Waals surface area contributed by atoms with E-state index in [4.69, 9.17) is 34.8 Å². The Kier molecular flexibility index (Phi) is 4.84. The van der Waals surface area contributed by atoms with Crippen molar-refractivity contribution in [1.82, 2.24) is 0 Å². The molecule has 1 aromatic rings. The van der Waals surface area contributed by atoms with E-state index in [1.807, 2.05) is 0 Å². The summed E-state index contributed by atoms with van der Waals surface area (Å²) in [6.45, 7) is 0. The van der Waals surface area contributed by atoms with Crippen molar-refractivity contribution in [2.75, 3.05) is 0 Å². The van der Waals surface area contributed by atoms with Crippen LogP contribution in [0.1, 0.15) is 0 Å². The van der Waals surface area contributed by atoms with Crippen molar-refractivity contribution in [3.63, 3.8) is 0 Å². The van der Waals surface area contributed by atoms with Crippen LogP contribution in [0.15, 0.2) is 12.1 Å². The molecule has 0 atom stereocenters. The van der Waals surface area contributed by atoms with Crippen LogP contribution in [-0.4, -0.2) is 0 Å². The molecular weight excluding hydrogens is 229 g/mol. The van der Waals surface area contributed by atoms with E-state index in [1.165, 1.54) is 0 Å². The predicted octanol–water partition coefficient (Wildman–Crippen LogP) is 3.44. The maximum absolute atomic E-state index is 5.58. The van der Waals surface area contributed by atoms with Gasteiger partial charge in [0.15, 0.2) is 0 Å². The summed E-state index contributed by atoms with van der Waals surface area (Å²) in [4.78, 5) is 0. The summed E-state index contributed by atoms with van der Waals surface area (Å²) in [5.41, 5.74) is 0. The van der Waals surface area contributed by atoms with E-state index in [-0.39, 0.29) is 18.6 Å². The van der Waals surface area contributed by atoms with Gasteiger partial charge >= 0.3 is 0 Å². The molecule has 0 fully saturated rings.